The lowest BCUT2D eigenvalue weighted by Crippen LogP contribution is -2.36. The van der Waals surface area contributed by atoms with Gasteiger partial charge in [0.1, 0.15) is 0 Å². The smallest absolute Gasteiger partial charge is 0.0718 e. The van der Waals surface area contributed by atoms with Crippen molar-refractivity contribution in [3.05, 3.63) is 30.0 Å². The van der Waals surface area contributed by atoms with Gasteiger partial charge in [0.05, 0.1) is 24.4 Å². The van der Waals surface area contributed by atoms with E-state index in [0.717, 1.165) is 26.3 Å². The standard InChI is InChI=1S/C14H18N2O/c1-11-3-4-13(16-7-9-17-10-8-16)14-12(11)5-6-15(14)2/h3-6H,7-10H2,1-2H3. The molecule has 0 atom stereocenters. The van der Waals surface area contributed by atoms with Crippen LogP contribution in [0.5, 0.6) is 0 Å². The molecule has 1 aliphatic heterocycles. The van der Waals surface area contributed by atoms with E-state index < -0.39 is 0 Å². The zero-order valence-electron chi connectivity index (χ0n) is 10.4. The lowest BCUT2D eigenvalue weighted by Gasteiger charge is -2.30. The highest BCUT2D eigenvalue weighted by Gasteiger charge is 2.16. The van der Waals surface area contributed by atoms with Crippen LogP contribution >= 0.6 is 0 Å². The fourth-order valence-corrected chi connectivity index (χ4v) is 2.60. The quantitative estimate of drug-likeness (QED) is 0.748. The van der Waals surface area contributed by atoms with Gasteiger partial charge in [-0.25, -0.2) is 0 Å². The summed E-state index contributed by atoms with van der Waals surface area (Å²) in [5, 5.41) is 1.36. The van der Waals surface area contributed by atoms with Gasteiger partial charge in [-0.1, -0.05) is 6.07 Å². The van der Waals surface area contributed by atoms with Crippen LogP contribution in [0.3, 0.4) is 0 Å². The minimum atomic E-state index is 0.833. The van der Waals surface area contributed by atoms with E-state index in [1.54, 1.807) is 0 Å². The molecule has 2 aromatic rings. The Morgan fingerprint density at radius 2 is 1.88 bits per heavy atom. The molecule has 1 aromatic carbocycles. The molecule has 3 rings (SSSR count). The molecule has 0 unspecified atom stereocenters. The van der Waals surface area contributed by atoms with Crippen LogP contribution in [0.15, 0.2) is 24.4 Å². The number of ether oxygens (including phenoxy) is 1. The van der Waals surface area contributed by atoms with Crippen molar-refractivity contribution in [2.45, 2.75) is 6.92 Å². The average molecular weight is 230 g/mol. The molecule has 0 amide bonds. The molecule has 0 radical (unpaired) electrons. The minimum Gasteiger partial charge on any atom is -0.378 e. The summed E-state index contributed by atoms with van der Waals surface area (Å²) < 4.78 is 7.64. The van der Waals surface area contributed by atoms with Crippen LogP contribution < -0.4 is 4.90 Å². The molecule has 0 aliphatic carbocycles. The third-order valence-electron chi connectivity index (χ3n) is 3.58. The molecule has 0 spiro atoms. The summed E-state index contributed by atoms with van der Waals surface area (Å²) in [6, 6.07) is 6.66. The highest BCUT2D eigenvalue weighted by atomic mass is 16.5. The summed E-state index contributed by atoms with van der Waals surface area (Å²) in [6.45, 7) is 5.82. The van der Waals surface area contributed by atoms with Crippen LogP contribution in [0.2, 0.25) is 0 Å². The Morgan fingerprint density at radius 3 is 2.65 bits per heavy atom. The van der Waals surface area contributed by atoms with Crippen molar-refractivity contribution in [1.82, 2.24) is 4.57 Å². The number of benzene rings is 1. The van der Waals surface area contributed by atoms with Gasteiger partial charge in [-0.15, -0.1) is 0 Å². The number of aryl methyl sites for hydroxylation is 2. The third kappa shape index (κ3) is 1.71. The molecule has 0 saturated carbocycles. The summed E-state index contributed by atoms with van der Waals surface area (Å²) in [5.74, 6) is 0. The molecule has 1 saturated heterocycles. The zero-order valence-corrected chi connectivity index (χ0v) is 10.4. The van der Waals surface area contributed by atoms with Crippen LogP contribution in [-0.2, 0) is 11.8 Å². The van der Waals surface area contributed by atoms with E-state index in [9.17, 15) is 0 Å². The van der Waals surface area contributed by atoms with E-state index in [-0.39, 0.29) is 0 Å². The van der Waals surface area contributed by atoms with Crippen molar-refractivity contribution in [2.75, 3.05) is 31.2 Å². The Labute approximate surface area is 102 Å². The molecule has 90 valence electrons. The summed E-state index contributed by atoms with van der Waals surface area (Å²) in [7, 11) is 2.12. The van der Waals surface area contributed by atoms with E-state index in [0.29, 0.717) is 0 Å². The average Bonchev–Trinajstić information content (AvgIpc) is 2.75. The Balaban J connectivity index is 2.15. The fraction of sp³-hybridized carbons (Fsp3) is 0.429. The zero-order chi connectivity index (χ0) is 11.8. The van der Waals surface area contributed by atoms with Crippen molar-refractivity contribution in [3.63, 3.8) is 0 Å². The van der Waals surface area contributed by atoms with Crippen molar-refractivity contribution < 1.29 is 4.74 Å². The predicted molar refractivity (Wildman–Crippen MR) is 70.7 cm³/mol. The van der Waals surface area contributed by atoms with Crippen LogP contribution in [0.1, 0.15) is 5.56 Å². The van der Waals surface area contributed by atoms with Gasteiger partial charge in [0.25, 0.3) is 0 Å². The second-order valence-corrected chi connectivity index (χ2v) is 4.69. The van der Waals surface area contributed by atoms with Gasteiger partial charge >= 0.3 is 0 Å². The van der Waals surface area contributed by atoms with Crippen molar-refractivity contribution in [2.24, 2.45) is 7.05 Å². The maximum absolute atomic E-state index is 5.42. The maximum atomic E-state index is 5.42. The van der Waals surface area contributed by atoms with Gasteiger partial charge in [-0.2, -0.15) is 0 Å². The first-order valence-corrected chi connectivity index (χ1v) is 6.15. The molecular weight excluding hydrogens is 212 g/mol. The third-order valence-corrected chi connectivity index (χ3v) is 3.58. The first-order valence-electron chi connectivity index (χ1n) is 6.15. The molecule has 17 heavy (non-hydrogen) atoms. The number of fused-ring (bicyclic) bond motifs is 1. The molecular formula is C14H18N2O. The number of nitrogens with zero attached hydrogens (tertiary/aromatic N) is 2. The number of anilines is 1. The Bertz CT molecular complexity index is 538. The van der Waals surface area contributed by atoms with Gasteiger partial charge in [0, 0.05) is 31.7 Å². The van der Waals surface area contributed by atoms with Gasteiger partial charge in [0.2, 0.25) is 0 Å². The molecule has 2 heterocycles. The molecule has 0 N–H and O–H groups in total. The van der Waals surface area contributed by atoms with E-state index in [1.165, 1.54) is 22.2 Å². The molecule has 0 bridgehead atoms. The van der Waals surface area contributed by atoms with Gasteiger partial charge in [0.15, 0.2) is 0 Å². The highest BCUT2D eigenvalue weighted by Crippen LogP contribution is 2.30. The summed E-state index contributed by atoms with van der Waals surface area (Å²) in [5.41, 5.74) is 4.02. The second-order valence-electron chi connectivity index (χ2n) is 4.69. The SMILES string of the molecule is Cc1ccc(N2CCOCC2)c2c1ccn2C. The summed E-state index contributed by atoms with van der Waals surface area (Å²) in [4.78, 5) is 2.42. The molecule has 1 aliphatic rings. The highest BCUT2D eigenvalue weighted by molar-refractivity contribution is 5.94. The van der Waals surface area contributed by atoms with Crippen molar-refractivity contribution in [3.8, 4) is 0 Å². The first kappa shape index (κ1) is 10.7. The lowest BCUT2D eigenvalue weighted by molar-refractivity contribution is 0.123. The minimum absolute atomic E-state index is 0.833. The predicted octanol–water partition coefficient (Wildman–Crippen LogP) is 2.32. The molecule has 3 nitrogen and oxygen atoms in total. The van der Waals surface area contributed by atoms with Gasteiger partial charge in [-0.05, 0) is 24.6 Å². The number of hydrogen-bond donors (Lipinski definition) is 0. The summed E-state index contributed by atoms with van der Waals surface area (Å²) in [6.07, 6.45) is 2.14. The summed E-state index contributed by atoms with van der Waals surface area (Å²) >= 11 is 0. The Kier molecular flexibility index (Phi) is 2.56. The number of morpholine rings is 1. The number of rotatable bonds is 1. The van der Waals surface area contributed by atoms with Crippen LogP contribution in [0.25, 0.3) is 10.9 Å². The number of hydrogen-bond acceptors (Lipinski definition) is 2. The molecule has 1 fully saturated rings. The maximum Gasteiger partial charge on any atom is 0.0718 e. The first-order chi connectivity index (χ1) is 8.27. The second kappa shape index (κ2) is 4.08. The van der Waals surface area contributed by atoms with Crippen LogP contribution in [0, 0.1) is 6.92 Å². The van der Waals surface area contributed by atoms with E-state index in [1.807, 2.05) is 0 Å². The van der Waals surface area contributed by atoms with Crippen molar-refractivity contribution >= 4 is 16.6 Å². The van der Waals surface area contributed by atoms with E-state index in [2.05, 4.69) is 47.8 Å². The monoisotopic (exact) mass is 230 g/mol. The van der Waals surface area contributed by atoms with Crippen LogP contribution in [0.4, 0.5) is 5.69 Å². The van der Waals surface area contributed by atoms with Crippen molar-refractivity contribution in [1.29, 1.82) is 0 Å². The van der Waals surface area contributed by atoms with Crippen LogP contribution in [-0.4, -0.2) is 30.9 Å². The van der Waals surface area contributed by atoms with Gasteiger partial charge < -0.3 is 14.2 Å². The normalized spacial score (nSPS) is 16.7. The lowest BCUT2D eigenvalue weighted by atomic mass is 10.1. The Morgan fingerprint density at radius 1 is 1.12 bits per heavy atom. The fourth-order valence-electron chi connectivity index (χ4n) is 2.60. The van der Waals surface area contributed by atoms with E-state index >= 15 is 0 Å². The Hall–Kier alpha value is -1.48. The molecule has 1 aromatic heterocycles. The molecule has 3 heteroatoms. The largest absolute Gasteiger partial charge is 0.378 e. The van der Waals surface area contributed by atoms with E-state index in [4.69, 9.17) is 4.74 Å². The number of aromatic nitrogens is 1. The topological polar surface area (TPSA) is 17.4 Å². The van der Waals surface area contributed by atoms with Gasteiger partial charge in [-0.3, -0.25) is 0 Å².